The molecule has 4 nitrogen and oxygen atoms in total. The SMILES string of the molecule is O=C(Cn1cnc(C(F)(F)F)c1)OCc1ccccc1. The number of benzene rings is 1. The van der Waals surface area contributed by atoms with Gasteiger partial charge < -0.3 is 9.30 Å². The van der Waals surface area contributed by atoms with Gasteiger partial charge in [0.1, 0.15) is 13.2 Å². The van der Waals surface area contributed by atoms with Gasteiger partial charge in [-0.2, -0.15) is 13.2 Å². The molecule has 0 aliphatic carbocycles. The standard InChI is InChI=1S/C13H11F3N2O2/c14-13(15,16)11-6-18(9-17-11)7-12(19)20-8-10-4-2-1-3-5-10/h1-6,9H,7-8H2. The number of hydrogen-bond acceptors (Lipinski definition) is 3. The van der Waals surface area contributed by atoms with Gasteiger partial charge in [0, 0.05) is 6.20 Å². The Balaban J connectivity index is 1.87. The number of ether oxygens (including phenoxy) is 1. The highest BCUT2D eigenvalue weighted by Crippen LogP contribution is 2.27. The van der Waals surface area contributed by atoms with Crippen molar-refractivity contribution in [3.05, 3.63) is 54.1 Å². The van der Waals surface area contributed by atoms with Crippen molar-refractivity contribution >= 4 is 5.97 Å². The molecule has 1 heterocycles. The Bertz CT molecular complexity index is 579. The fourth-order valence-corrected chi connectivity index (χ4v) is 1.53. The minimum atomic E-state index is -4.51. The molecule has 1 aromatic carbocycles. The van der Waals surface area contributed by atoms with Crippen LogP contribution in [0.2, 0.25) is 0 Å². The van der Waals surface area contributed by atoms with Crippen molar-refractivity contribution < 1.29 is 22.7 Å². The first-order valence-corrected chi connectivity index (χ1v) is 5.73. The molecule has 0 bridgehead atoms. The molecule has 1 aromatic heterocycles. The van der Waals surface area contributed by atoms with Crippen LogP contribution in [0.25, 0.3) is 0 Å². The monoisotopic (exact) mass is 284 g/mol. The van der Waals surface area contributed by atoms with Crippen LogP contribution < -0.4 is 0 Å². The van der Waals surface area contributed by atoms with Gasteiger partial charge in [-0.25, -0.2) is 4.98 Å². The third kappa shape index (κ3) is 3.84. The van der Waals surface area contributed by atoms with Gasteiger partial charge in [0.2, 0.25) is 0 Å². The fourth-order valence-electron chi connectivity index (χ4n) is 1.53. The topological polar surface area (TPSA) is 44.1 Å². The van der Waals surface area contributed by atoms with Crippen molar-refractivity contribution in [2.45, 2.75) is 19.3 Å². The van der Waals surface area contributed by atoms with E-state index in [0.717, 1.165) is 22.7 Å². The van der Waals surface area contributed by atoms with Crippen LogP contribution in [0.4, 0.5) is 13.2 Å². The van der Waals surface area contributed by atoms with Crippen molar-refractivity contribution in [3.8, 4) is 0 Å². The quantitative estimate of drug-likeness (QED) is 0.811. The van der Waals surface area contributed by atoms with Crippen LogP contribution in [-0.2, 0) is 28.9 Å². The van der Waals surface area contributed by atoms with Gasteiger partial charge in [0.05, 0.1) is 6.33 Å². The molecule has 0 saturated carbocycles. The summed E-state index contributed by atoms with van der Waals surface area (Å²) in [5, 5.41) is 0. The summed E-state index contributed by atoms with van der Waals surface area (Å²) in [6.45, 7) is -0.226. The summed E-state index contributed by atoms with van der Waals surface area (Å²) < 4.78 is 42.9. The first kappa shape index (κ1) is 14.1. The largest absolute Gasteiger partial charge is 0.459 e. The Labute approximate surface area is 112 Å². The lowest BCUT2D eigenvalue weighted by Crippen LogP contribution is -2.12. The molecule has 0 aliphatic rings. The molecule has 20 heavy (non-hydrogen) atoms. The highest BCUT2D eigenvalue weighted by Gasteiger charge is 2.33. The molecule has 0 radical (unpaired) electrons. The smallest absolute Gasteiger partial charge is 0.434 e. The molecular formula is C13H11F3N2O2. The normalized spacial score (nSPS) is 11.3. The Hall–Kier alpha value is -2.31. The number of imidazole rings is 1. The second-order valence-electron chi connectivity index (χ2n) is 4.08. The number of halogens is 3. The van der Waals surface area contributed by atoms with Gasteiger partial charge in [-0.05, 0) is 5.56 Å². The predicted molar refractivity (Wildman–Crippen MR) is 63.5 cm³/mol. The van der Waals surface area contributed by atoms with Gasteiger partial charge in [0.15, 0.2) is 5.69 Å². The van der Waals surface area contributed by atoms with Crippen LogP contribution in [0.1, 0.15) is 11.3 Å². The molecule has 7 heteroatoms. The molecule has 0 atom stereocenters. The number of hydrogen-bond donors (Lipinski definition) is 0. The van der Waals surface area contributed by atoms with Crippen LogP contribution in [0, 0.1) is 0 Å². The predicted octanol–water partition coefficient (Wildman–Crippen LogP) is 2.65. The van der Waals surface area contributed by atoms with Gasteiger partial charge in [-0.3, -0.25) is 4.79 Å². The van der Waals surface area contributed by atoms with Gasteiger partial charge in [-0.15, -0.1) is 0 Å². The summed E-state index contributed by atoms with van der Waals surface area (Å²) >= 11 is 0. The average Bonchev–Trinajstić information content (AvgIpc) is 2.86. The first-order valence-electron chi connectivity index (χ1n) is 5.73. The number of rotatable bonds is 4. The third-order valence-electron chi connectivity index (χ3n) is 2.48. The lowest BCUT2D eigenvalue weighted by Gasteiger charge is -2.05. The zero-order valence-electron chi connectivity index (χ0n) is 10.3. The van der Waals surface area contributed by atoms with Crippen LogP contribution in [0.3, 0.4) is 0 Å². The molecule has 106 valence electrons. The zero-order chi connectivity index (χ0) is 14.6. The van der Waals surface area contributed by atoms with Gasteiger partial charge >= 0.3 is 12.1 Å². The second-order valence-corrected chi connectivity index (χ2v) is 4.08. The minimum Gasteiger partial charge on any atom is -0.459 e. The maximum atomic E-state index is 12.3. The van der Waals surface area contributed by atoms with Crippen LogP contribution >= 0.6 is 0 Å². The van der Waals surface area contributed by atoms with Crippen molar-refractivity contribution in [2.24, 2.45) is 0 Å². The molecule has 2 aromatic rings. The molecule has 0 fully saturated rings. The van der Waals surface area contributed by atoms with Gasteiger partial charge in [-0.1, -0.05) is 30.3 Å². The first-order chi connectivity index (χ1) is 9.45. The van der Waals surface area contributed by atoms with E-state index >= 15 is 0 Å². The van der Waals surface area contributed by atoms with Crippen molar-refractivity contribution in [1.82, 2.24) is 9.55 Å². The number of aromatic nitrogens is 2. The summed E-state index contributed by atoms with van der Waals surface area (Å²) in [5.41, 5.74) is -0.226. The lowest BCUT2D eigenvalue weighted by molar-refractivity contribution is -0.146. The molecule has 0 spiro atoms. The van der Waals surface area contributed by atoms with E-state index in [9.17, 15) is 18.0 Å². The fraction of sp³-hybridized carbons (Fsp3) is 0.231. The summed E-state index contributed by atoms with van der Waals surface area (Å²) in [4.78, 5) is 14.7. The maximum Gasteiger partial charge on any atom is 0.434 e. The third-order valence-corrected chi connectivity index (χ3v) is 2.48. The maximum absolute atomic E-state index is 12.3. The Morgan fingerprint density at radius 1 is 1.25 bits per heavy atom. The van der Waals surface area contributed by atoms with E-state index in [0.29, 0.717) is 0 Å². The van der Waals surface area contributed by atoms with Crippen molar-refractivity contribution in [2.75, 3.05) is 0 Å². The highest BCUT2D eigenvalue weighted by molar-refractivity contribution is 5.69. The van der Waals surface area contributed by atoms with E-state index in [1.54, 1.807) is 24.3 Å². The van der Waals surface area contributed by atoms with Crippen molar-refractivity contribution in [1.29, 1.82) is 0 Å². The van der Waals surface area contributed by atoms with E-state index in [-0.39, 0.29) is 13.2 Å². The number of esters is 1. The second kappa shape index (κ2) is 5.77. The number of nitrogens with zero attached hydrogens (tertiary/aromatic N) is 2. The Morgan fingerprint density at radius 3 is 2.55 bits per heavy atom. The summed E-state index contributed by atoms with van der Waals surface area (Å²) in [5.74, 6) is -0.625. The summed E-state index contributed by atoms with van der Waals surface area (Å²) in [6, 6.07) is 9.00. The van der Waals surface area contributed by atoms with E-state index in [4.69, 9.17) is 4.74 Å². The van der Waals surface area contributed by atoms with Crippen molar-refractivity contribution in [3.63, 3.8) is 0 Å². The number of alkyl halides is 3. The molecule has 0 amide bonds. The molecule has 0 aliphatic heterocycles. The van der Waals surface area contributed by atoms with Crippen LogP contribution in [-0.4, -0.2) is 15.5 Å². The average molecular weight is 284 g/mol. The summed E-state index contributed by atoms with van der Waals surface area (Å²) in [7, 11) is 0. The van der Waals surface area contributed by atoms with E-state index in [1.165, 1.54) is 0 Å². The molecule has 0 N–H and O–H groups in total. The van der Waals surface area contributed by atoms with E-state index < -0.39 is 17.8 Å². The number of carbonyl (C=O) groups excluding carboxylic acids is 1. The summed E-state index contributed by atoms with van der Waals surface area (Å²) in [6.07, 6.45) is -2.80. The Kier molecular flexibility index (Phi) is 4.07. The molecule has 0 saturated heterocycles. The van der Waals surface area contributed by atoms with Gasteiger partial charge in [0.25, 0.3) is 0 Å². The van der Waals surface area contributed by atoms with Crippen LogP contribution in [0.5, 0.6) is 0 Å². The molecule has 2 rings (SSSR count). The Morgan fingerprint density at radius 2 is 1.95 bits per heavy atom. The van der Waals surface area contributed by atoms with Crippen LogP contribution in [0.15, 0.2) is 42.9 Å². The highest BCUT2D eigenvalue weighted by atomic mass is 19.4. The molecule has 0 unspecified atom stereocenters. The number of carbonyl (C=O) groups is 1. The molecular weight excluding hydrogens is 273 g/mol. The lowest BCUT2D eigenvalue weighted by atomic mass is 10.2. The van der Waals surface area contributed by atoms with E-state index in [1.807, 2.05) is 6.07 Å². The van der Waals surface area contributed by atoms with E-state index in [2.05, 4.69) is 4.98 Å². The zero-order valence-corrected chi connectivity index (χ0v) is 10.3. The minimum absolute atomic E-state index is 0.0838.